The number of rotatable bonds is 4. The molecule has 0 spiro atoms. The van der Waals surface area contributed by atoms with Gasteiger partial charge in [-0.3, -0.25) is 5.73 Å². The number of hydrogen-bond donors (Lipinski definition) is 0. The summed E-state index contributed by atoms with van der Waals surface area (Å²) in [7, 11) is 0. The van der Waals surface area contributed by atoms with Gasteiger partial charge in [0, 0.05) is 6.04 Å². The van der Waals surface area contributed by atoms with Crippen LogP contribution in [0.3, 0.4) is 0 Å². The minimum Gasteiger partial charge on any atom is -0.254 e. The van der Waals surface area contributed by atoms with Crippen molar-refractivity contribution >= 4 is 0 Å². The third-order valence-corrected chi connectivity index (χ3v) is 2.14. The first-order valence-electron chi connectivity index (χ1n) is 4.69. The van der Waals surface area contributed by atoms with E-state index < -0.39 is 0 Å². The third-order valence-electron chi connectivity index (χ3n) is 2.14. The van der Waals surface area contributed by atoms with Gasteiger partial charge in [-0.1, -0.05) is 47.0 Å². The summed E-state index contributed by atoms with van der Waals surface area (Å²) in [4.78, 5) is 0. The van der Waals surface area contributed by atoms with Crippen LogP contribution in [0.5, 0.6) is 0 Å². The van der Waals surface area contributed by atoms with E-state index in [2.05, 4.69) is 27.7 Å². The van der Waals surface area contributed by atoms with Crippen LogP contribution in [0.1, 0.15) is 53.4 Å². The molecule has 1 nitrogen and oxygen atoms in total. The molecule has 0 aliphatic carbocycles. The lowest BCUT2D eigenvalue weighted by Crippen LogP contribution is -2.27. The van der Waals surface area contributed by atoms with E-state index in [-0.39, 0.29) is 11.5 Å². The summed E-state index contributed by atoms with van der Waals surface area (Å²) >= 11 is 0. The molecule has 0 saturated carbocycles. The van der Waals surface area contributed by atoms with E-state index >= 15 is 0 Å². The Morgan fingerprint density at radius 3 is 2.09 bits per heavy atom. The lowest BCUT2D eigenvalue weighted by atomic mass is 9.84. The maximum absolute atomic E-state index is 7.80. The summed E-state index contributed by atoms with van der Waals surface area (Å²) in [6.45, 7) is 8.65. The predicted octanol–water partition coefficient (Wildman–Crippen LogP) is 3.26. The molecule has 1 unspecified atom stereocenters. The standard InChI is InChI=1S/C10H22N/c1-5-6-7-8-9(11)10(2,3)4/h9,11H,5-8H2,1-4H3. The van der Waals surface area contributed by atoms with Gasteiger partial charge < -0.3 is 0 Å². The van der Waals surface area contributed by atoms with Gasteiger partial charge in [-0.15, -0.1) is 0 Å². The van der Waals surface area contributed by atoms with Crippen LogP contribution in [0, 0.1) is 5.41 Å². The Hall–Kier alpha value is -0.0400. The Labute approximate surface area is 71.4 Å². The highest BCUT2D eigenvalue weighted by atomic mass is 14.7. The molecule has 67 valence electrons. The molecule has 11 heavy (non-hydrogen) atoms. The highest BCUT2D eigenvalue weighted by Gasteiger charge is 2.20. The highest BCUT2D eigenvalue weighted by molar-refractivity contribution is 4.75. The minimum absolute atomic E-state index is 0.119. The molecule has 0 aromatic carbocycles. The van der Waals surface area contributed by atoms with Gasteiger partial charge in [0.05, 0.1) is 0 Å². The van der Waals surface area contributed by atoms with Crippen LogP contribution in [-0.4, -0.2) is 6.04 Å². The van der Waals surface area contributed by atoms with Gasteiger partial charge in [0.25, 0.3) is 0 Å². The molecule has 0 amide bonds. The minimum atomic E-state index is 0.119. The Morgan fingerprint density at radius 1 is 1.18 bits per heavy atom. The predicted molar refractivity (Wildman–Crippen MR) is 50.5 cm³/mol. The van der Waals surface area contributed by atoms with Crippen LogP contribution in [0.25, 0.3) is 0 Å². The molecule has 0 fully saturated rings. The number of unbranched alkanes of at least 4 members (excludes halogenated alkanes) is 2. The largest absolute Gasteiger partial charge is 0.254 e. The monoisotopic (exact) mass is 156 g/mol. The number of nitrogens with one attached hydrogen (secondary N) is 1. The van der Waals surface area contributed by atoms with E-state index in [4.69, 9.17) is 5.73 Å². The second-order valence-electron chi connectivity index (χ2n) is 4.41. The maximum Gasteiger partial charge on any atom is 0.0261 e. The van der Waals surface area contributed by atoms with Gasteiger partial charge in [0.15, 0.2) is 0 Å². The van der Waals surface area contributed by atoms with Crippen LogP contribution in [-0.2, 0) is 0 Å². The molecule has 0 rings (SSSR count). The molecule has 0 aromatic heterocycles. The van der Waals surface area contributed by atoms with Gasteiger partial charge in [-0.2, -0.15) is 0 Å². The summed E-state index contributed by atoms with van der Waals surface area (Å²) in [6.07, 6.45) is 4.83. The third kappa shape index (κ3) is 5.25. The van der Waals surface area contributed by atoms with E-state index in [1.54, 1.807) is 0 Å². The summed E-state index contributed by atoms with van der Waals surface area (Å²) in [5, 5.41) is 0. The summed E-state index contributed by atoms with van der Waals surface area (Å²) in [6, 6.07) is 0.119. The Bertz CT molecular complexity index is 91.5. The SMILES string of the molecule is CCCCCC([NH])C(C)(C)C. The van der Waals surface area contributed by atoms with E-state index in [1.807, 2.05) is 0 Å². The molecule has 1 heteroatoms. The van der Waals surface area contributed by atoms with Crippen molar-refractivity contribution in [2.45, 2.75) is 59.4 Å². The zero-order chi connectivity index (χ0) is 8.91. The Morgan fingerprint density at radius 2 is 1.73 bits per heavy atom. The van der Waals surface area contributed by atoms with Gasteiger partial charge >= 0.3 is 0 Å². The molecular weight excluding hydrogens is 134 g/mol. The van der Waals surface area contributed by atoms with E-state index in [9.17, 15) is 0 Å². The molecule has 0 aliphatic heterocycles. The molecule has 0 bridgehead atoms. The Balaban J connectivity index is 3.44. The van der Waals surface area contributed by atoms with Crippen molar-refractivity contribution in [3.63, 3.8) is 0 Å². The van der Waals surface area contributed by atoms with Crippen molar-refractivity contribution in [1.82, 2.24) is 5.73 Å². The quantitative estimate of drug-likeness (QED) is 0.558. The molecule has 0 heterocycles. The lowest BCUT2D eigenvalue weighted by molar-refractivity contribution is 0.291. The normalized spacial score (nSPS) is 15.0. The average molecular weight is 156 g/mol. The molecule has 1 N–H and O–H groups in total. The summed E-state index contributed by atoms with van der Waals surface area (Å²) < 4.78 is 0. The van der Waals surface area contributed by atoms with Crippen LogP contribution in [0.4, 0.5) is 0 Å². The van der Waals surface area contributed by atoms with Crippen molar-refractivity contribution < 1.29 is 0 Å². The second kappa shape index (κ2) is 4.76. The highest BCUT2D eigenvalue weighted by Crippen LogP contribution is 2.22. The topological polar surface area (TPSA) is 23.8 Å². The first kappa shape index (κ1) is 11.0. The van der Waals surface area contributed by atoms with Gasteiger partial charge in [0.2, 0.25) is 0 Å². The summed E-state index contributed by atoms with van der Waals surface area (Å²) in [5.41, 5.74) is 7.98. The fraction of sp³-hybridized carbons (Fsp3) is 1.00. The number of hydrogen-bond acceptors (Lipinski definition) is 0. The second-order valence-corrected chi connectivity index (χ2v) is 4.41. The van der Waals surface area contributed by atoms with Crippen LogP contribution in [0.15, 0.2) is 0 Å². The van der Waals surface area contributed by atoms with Crippen molar-refractivity contribution in [2.75, 3.05) is 0 Å². The van der Waals surface area contributed by atoms with E-state index in [0.717, 1.165) is 6.42 Å². The molecule has 0 saturated heterocycles. The van der Waals surface area contributed by atoms with Crippen molar-refractivity contribution in [1.29, 1.82) is 0 Å². The zero-order valence-electron chi connectivity index (χ0n) is 8.41. The molecule has 1 radical (unpaired) electrons. The van der Waals surface area contributed by atoms with Gasteiger partial charge in [-0.05, 0) is 11.8 Å². The molecule has 0 aromatic rings. The first-order chi connectivity index (χ1) is 4.98. The van der Waals surface area contributed by atoms with Crippen molar-refractivity contribution in [3.05, 3.63) is 0 Å². The van der Waals surface area contributed by atoms with Gasteiger partial charge in [0.1, 0.15) is 0 Å². The fourth-order valence-corrected chi connectivity index (χ4v) is 1.03. The molecule has 0 aliphatic rings. The zero-order valence-corrected chi connectivity index (χ0v) is 8.41. The van der Waals surface area contributed by atoms with Crippen LogP contribution >= 0.6 is 0 Å². The Kier molecular flexibility index (Phi) is 4.74. The van der Waals surface area contributed by atoms with Crippen LogP contribution < -0.4 is 5.73 Å². The molecular formula is C10H22N. The van der Waals surface area contributed by atoms with Crippen LogP contribution in [0.2, 0.25) is 0 Å². The molecule has 1 atom stereocenters. The van der Waals surface area contributed by atoms with E-state index in [1.165, 1.54) is 19.3 Å². The fourth-order valence-electron chi connectivity index (χ4n) is 1.03. The smallest absolute Gasteiger partial charge is 0.0261 e. The average Bonchev–Trinajstić information content (AvgIpc) is 1.86. The summed E-state index contributed by atoms with van der Waals surface area (Å²) in [5.74, 6) is 0. The van der Waals surface area contributed by atoms with Crippen molar-refractivity contribution in [3.8, 4) is 0 Å². The van der Waals surface area contributed by atoms with Crippen molar-refractivity contribution in [2.24, 2.45) is 5.41 Å². The maximum atomic E-state index is 7.80. The lowest BCUT2D eigenvalue weighted by Gasteiger charge is -2.25. The first-order valence-corrected chi connectivity index (χ1v) is 4.69. The van der Waals surface area contributed by atoms with E-state index in [0.29, 0.717) is 0 Å². The van der Waals surface area contributed by atoms with Gasteiger partial charge in [-0.25, -0.2) is 0 Å².